The van der Waals surface area contributed by atoms with Crippen molar-refractivity contribution in [2.24, 2.45) is 0 Å². The predicted molar refractivity (Wildman–Crippen MR) is 43.1 cm³/mol. The fourth-order valence-electron chi connectivity index (χ4n) is 1.07. The zero-order valence-corrected chi connectivity index (χ0v) is 6.99. The van der Waals surface area contributed by atoms with Gasteiger partial charge in [0.15, 0.2) is 0 Å². The maximum Gasteiger partial charge on any atom is 0.304 e. The summed E-state index contributed by atoms with van der Waals surface area (Å²) < 4.78 is 0. The van der Waals surface area contributed by atoms with E-state index >= 15 is 0 Å². The molecular formula is C8H10O6. The topological polar surface area (TPSA) is 121 Å². The van der Waals surface area contributed by atoms with Crippen molar-refractivity contribution in [1.29, 1.82) is 0 Å². The van der Waals surface area contributed by atoms with Crippen molar-refractivity contribution >= 4 is 0 Å². The lowest BCUT2D eigenvalue weighted by Crippen LogP contribution is -2.32. The van der Waals surface area contributed by atoms with Crippen LogP contribution in [0.4, 0.5) is 0 Å². The lowest BCUT2D eigenvalue weighted by atomic mass is 10.0. The van der Waals surface area contributed by atoms with Gasteiger partial charge in [0.25, 0.3) is 0 Å². The first-order valence-corrected chi connectivity index (χ1v) is 3.67. The first-order chi connectivity index (χ1) is 6.23. The van der Waals surface area contributed by atoms with Crippen molar-refractivity contribution in [2.75, 3.05) is 0 Å². The van der Waals surface area contributed by atoms with Gasteiger partial charge in [-0.15, -0.1) is 0 Å². The molecule has 6 heteroatoms. The molecule has 0 amide bonds. The van der Waals surface area contributed by atoms with Gasteiger partial charge in [-0.25, -0.2) is 0 Å². The molecule has 0 saturated heterocycles. The van der Waals surface area contributed by atoms with Crippen molar-refractivity contribution < 1.29 is 30.6 Å². The molecule has 0 heterocycles. The highest BCUT2D eigenvalue weighted by atomic mass is 16.7. The highest BCUT2D eigenvalue weighted by molar-refractivity contribution is 5.31. The normalized spacial score (nSPS) is 13.0. The molecule has 78 valence electrons. The highest BCUT2D eigenvalue weighted by Gasteiger charge is 2.33. The molecule has 0 saturated carbocycles. The summed E-state index contributed by atoms with van der Waals surface area (Å²) in [6.07, 6.45) is 0. The molecule has 1 aromatic carbocycles. The summed E-state index contributed by atoms with van der Waals surface area (Å²) >= 11 is 0. The van der Waals surface area contributed by atoms with Gasteiger partial charge in [0.05, 0.1) is 11.1 Å². The van der Waals surface area contributed by atoms with Gasteiger partial charge in [0, 0.05) is 0 Å². The quantitative estimate of drug-likeness (QED) is 0.304. The first kappa shape index (κ1) is 11.1. The van der Waals surface area contributed by atoms with E-state index in [1.165, 1.54) is 12.1 Å². The number of benzene rings is 1. The second-order valence-corrected chi connectivity index (χ2v) is 2.82. The van der Waals surface area contributed by atoms with E-state index in [1.54, 1.807) is 0 Å². The second kappa shape index (κ2) is 3.28. The average Bonchev–Trinajstić information content (AvgIpc) is 2.01. The summed E-state index contributed by atoms with van der Waals surface area (Å²) in [5.74, 6) is -6.48. The van der Waals surface area contributed by atoms with Crippen LogP contribution in [0.2, 0.25) is 0 Å². The summed E-state index contributed by atoms with van der Waals surface area (Å²) in [5, 5.41) is 52.9. The van der Waals surface area contributed by atoms with Crippen molar-refractivity contribution in [2.45, 2.75) is 11.9 Å². The van der Waals surface area contributed by atoms with Crippen LogP contribution in [-0.2, 0) is 11.9 Å². The minimum Gasteiger partial charge on any atom is -0.340 e. The SMILES string of the molecule is OC(O)(O)c1ccccc1C(O)(O)O. The summed E-state index contributed by atoms with van der Waals surface area (Å²) in [4.78, 5) is 0. The van der Waals surface area contributed by atoms with E-state index in [1.807, 2.05) is 0 Å². The van der Waals surface area contributed by atoms with Crippen molar-refractivity contribution in [3.8, 4) is 0 Å². The molecule has 1 aromatic rings. The molecule has 0 spiro atoms. The molecule has 0 bridgehead atoms. The molecule has 1 rings (SSSR count). The summed E-state index contributed by atoms with van der Waals surface area (Å²) in [6.45, 7) is 0. The molecule has 6 nitrogen and oxygen atoms in total. The van der Waals surface area contributed by atoms with Gasteiger partial charge in [-0.05, 0) is 0 Å². The van der Waals surface area contributed by atoms with E-state index in [0.29, 0.717) is 0 Å². The summed E-state index contributed by atoms with van der Waals surface area (Å²) in [7, 11) is 0. The Morgan fingerprint density at radius 1 is 0.643 bits per heavy atom. The molecule has 0 atom stereocenters. The van der Waals surface area contributed by atoms with Gasteiger partial charge in [-0.3, -0.25) is 0 Å². The molecular weight excluding hydrogens is 192 g/mol. The third-order valence-electron chi connectivity index (χ3n) is 1.65. The van der Waals surface area contributed by atoms with Gasteiger partial charge < -0.3 is 30.6 Å². The third kappa shape index (κ3) is 2.26. The van der Waals surface area contributed by atoms with Gasteiger partial charge in [-0.2, -0.15) is 0 Å². The van der Waals surface area contributed by atoms with Crippen molar-refractivity contribution in [3.63, 3.8) is 0 Å². The zero-order chi connectivity index (χ0) is 11.0. The number of hydrogen-bond acceptors (Lipinski definition) is 6. The lowest BCUT2D eigenvalue weighted by Gasteiger charge is -2.22. The predicted octanol–water partition coefficient (Wildman–Crippen LogP) is -2.14. The van der Waals surface area contributed by atoms with Crippen LogP contribution in [0.15, 0.2) is 24.3 Å². The van der Waals surface area contributed by atoms with Crippen LogP contribution >= 0.6 is 0 Å². The Kier molecular flexibility index (Phi) is 2.59. The number of hydrogen-bond donors (Lipinski definition) is 6. The van der Waals surface area contributed by atoms with Crippen LogP contribution < -0.4 is 0 Å². The maximum absolute atomic E-state index is 8.81. The molecule has 14 heavy (non-hydrogen) atoms. The lowest BCUT2D eigenvalue weighted by molar-refractivity contribution is -0.343. The van der Waals surface area contributed by atoms with Crippen molar-refractivity contribution in [1.82, 2.24) is 0 Å². The Morgan fingerprint density at radius 3 is 1.14 bits per heavy atom. The van der Waals surface area contributed by atoms with E-state index in [4.69, 9.17) is 30.6 Å². The van der Waals surface area contributed by atoms with Gasteiger partial charge >= 0.3 is 11.9 Å². The van der Waals surface area contributed by atoms with E-state index < -0.39 is 23.1 Å². The Bertz CT molecular complexity index is 288. The smallest absolute Gasteiger partial charge is 0.304 e. The fraction of sp³-hybridized carbons (Fsp3) is 0.250. The Balaban J connectivity index is 3.31. The minimum absolute atomic E-state index is 0.618. The van der Waals surface area contributed by atoms with Gasteiger partial charge in [-0.1, -0.05) is 24.3 Å². The minimum atomic E-state index is -3.24. The molecule has 0 aliphatic carbocycles. The van der Waals surface area contributed by atoms with Crippen LogP contribution in [0.3, 0.4) is 0 Å². The molecule has 6 N–H and O–H groups in total. The van der Waals surface area contributed by atoms with Gasteiger partial charge in [0.1, 0.15) is 0 Å². The van der Waals surface area contributed by atoms with Crippen LogP contribution in [0.25, 0.3) is 0 Å². The van der Waals surface area contributed by atoms with E-state index in [-0.39, 0.29) is 0 Å². The summed E-state index contributed by atoms with van der Waals surface area (Å²) in [6, 6.07) is 4.68. The molecule has 0 aliphatic rings. The zero-order valence-electron chi connectivity index (χ0n) is 6.99. The molecule has 0 aliphatic heterocycles. The van der Waals surface area contributed by atoms with Crippen LogP contribution in [0.5, 0.6) is 0 Å². The Morgan fingerprint density at radius 2 is 0.929 bits per heavy atom. The average molecular weight is 202 g/mol. The Labute approximate surface area is 78.9 Å². The van der Waals surface area contributed by atoms with E-state index in [2.05, 4.69) is 0 Å². The van der Waals surface area contributed by atoms with E-state index in [0.717, 1.165) is 12.1 Å². The second-order valence-electron chi connectivity index (χ2n) is 2.82. The molecule has 0 unspecified atom stereocenters. The fourth-order valence-corrected chi connectivity index (χ4v) is 1.07. The molecule has 0 radical (unpaired) electrons. The molecule has 0 fully saturated rings. The standard InChI is InChI=1S/C8H10O6/c9-7(10,11)5-3-1-2-4-6(5)8(12,13)14/h1-4,9-14H. The third-order valence-corrected chi connectivity index (χ3v) is 1.65. The highest BCUT2D eigenvalue weighted by Crippen LogP contribution is 2.25. The van der Waals surface area contributed by atoms with Crippen LogP contribution in [-0.4, -0.2) is 30.6 Å². The summed E-state index contributed by atoms with van der Waals surface area (Å²) in [5.41, 5.74) is -1.24. The first-order valence-electron chi connectivity index (χ1n) is 3.67. The largest absolute Gasteiger partial charge is 0.340 e. The van der Waals surface area contributed by atoms with Crippen molar-refractivity contribution in [3.05, 3.63) is 35.4 Å². The maximum atomic E-state index is 8.81. The number of aliphatic hydroxyl groups is 6. The monoisotopic (exact) mass is 202 g/mol. The van der Waals surface area contributed by atoms with Gasteiger partial charge in [0.2, 0.25) is 0 Å². The van der Waals surface area contributed by atoms with E-state index in [9.17, 15) is 0 Å². The Hall–Kier alpha value is -1.02. The van der Waals surface area contributed by atoms with Crippen LogP contribution in [0, 0.1) is 0 Å². The number of rotatable bonds is 2. The van der Waals surface area contributed by atoms with Crippen LogP contribution in [0.1, 0.15) is 11.1 Å². The molecule has 0 aromatic heterocycles.